The van der Waals surface area contributed by atoms with E-state index >= 15 is 0 Å². The van der Waals surface area contributed by atoms with Gasteiger partial charge < -0.3 is 24.1 Å². The maximum Gasteiger partial charge on any atom is 0.163 e. The van der Waals surface area contributed by atoms with Crippen molar-refractivity contribution in [1.29, 1.82) is 0 Å². The molecule has 4 rings (SSSR count). The minimum atomic E-state index is -0.117. The quantitative estimate of drug-likeness (QED) is 0.154. The number of hydrogen-bond donors (Lipinski definition) is 1. The Labute approximate surface area is 229 Å². The molecule has 0 radical (unpaired) electrons. The summed E-state index contributed by atoms with van der Waals surface area (Å²) in [5, 5.41) is 9.21. The first-order valence-electron chi connectivity index (χ1n) is 13.0. The van der Waals surface area contributed by atoms with E-state index in [0.29, 0.717) is 49.1 Å². The lowest BCUT2D eigenvalue weighted by Gasteiger charge is -2.22. The second kappa shape index (κ2) is 14.1. The summed E-state index contributed by atoms with van der Waals surface area (Å²) in [5.74, 6) is 1.63. The molecule has 0 unspecified atom stereocenters. The molecule has 0 amide bonds. The predicted molar refractivity (Wildman–Crippen MR) is 152 cm³/mol. The Morgan fingerprint density at radius 2 is 1.41 bits per heavy atom. The lowest BCUT2D eigenvalue weighted by atomic mass is 9.90. The summed E-state index contributed by atoms with van der Waals surface area (Å²) in [6, 6.07) is 29.2. The van der Waals surface area contributed by atoms with Crippen molar-refractivity contribution in [3.05, 3.63) is 113 Å². The van der Waals surface area contributed by atoms with Gasteiger partial charge in [0.2, 0.25) is 0 Å². The minimum Gasteiger partial charge on any atom is -0.497 e. The van der Waals surface area contributed by atoms with E-state index in [1.165, 1.54) is 0 Å². The summed E-state index contributed by atoms with van der Waals surface area (Å²) < 4.78 is 23.8. The molecule has 0 saturated heterocycles. The summed E-state index contributed by atoms with van der Waals surface area (Å²) in [6.07, 6.45) is 0.422. The highest BCUT2D eigenvalue weighted by atomic mass is 16.5. The second-order valence-electron chi connectivity index (χ2n) is 9.02. The summed E-state index contributed by atoms with van der Waals surface area (Å²) in [7, 11) is 1.62. The largest absolute Gasteiger partial charge is 0.497 e. The van der Waals surface area contributed by atoms with Crippen LogP contribution in [0.4, 0.5) is 0 Å². The number of ketones is 1. The molecule has 202 valence electrons. The van der Waals surface area contributed by atoms with Gasteiger partial charge in [-0.3, -0.25) is 4.79 Å². The molecule has 0 bridgehead atoms. The Kier molecular flexibility index (Phi) is 10.1. The van der Waals surface area contributed by atoms with E-state index in [0.717, 1.165) is 27.8 Å². The first-order valence-corrected chi connectivity index (χ1v) is 13.0. The van der Waals surface area contributed by atoms with E-state index in [4.69, 9.17) is 18.9 Å². The average molecular weight is 527 g/mol. The molecule has 1 N–H and O–H groups in total. The Balaban J connectivity index is 1.86. The monoisotopic (exact) mass is 526 g/mol. The highest BCUT2D eigenvalue weighted by Crippen LogP contribution is 2.42. The van der Waals surface area contributed by atoms with Crippen LogP contribution in [0.1, 0.15) is 34.0 Å². The van der Waals surface area contributed by atoms with Crippen LogP contribution in [-0.4, -0.2) is 37.8 Å². The van der Waals surface area contributed by atoms with Gasteiger partial charge in [-0.2, -0.15) is 0 Å². The molecule has 0 spiro atoms. The smallest absolute Gasteiger partial charge is 0.163 e. The number of carbonyl (C=O) groups excluding carboxylic acids is 1. The van der Waals surface area contributed by atoms with Gasteiger partial charge in [-0.25, -0.2) is 0 Å². The van der Waals surface area contributed by atoms with Crippen molar-refractivity contribution in [3.8, 4) is 28.4 Å². The van der Waals surface area contributed by atoms with Gasteiger partial charge in [-0.1, -0.05) is 72.8 Å². The van der Waals surface area contributed by atoms with Crippen molar-refractivity contribution < 1.29 is 28.8 Å². The van der Waals surface area contributed by atoms with Crippen LogP contribution in [-0.2, 0) is 24.4 Å². The minimum absolute atomic E-state index is 0.0754. The van der Waals surface area contributed by atoms with Crippen LogP contribution in [0.2, 0.25) is 0 Å². The van der Waals surface area contributed by atoms with Crippen LogP contribution < -0.4 is 14.2 Å². The summed E-state index contributed by atoms with van der Waals surface area (Å²) >= 11 is 0. The summed E-state index contributed by atoms with van der Waals surface area (Å²) in [6.45, 7) is 2.65. The maximum absolute atomic E-state index is 13.2. The zero-order valence-electron chi connectivity index (χ0n) is 22.4. The van der Waals surface area contributed by atoms with Gasteiger partial charge in [0.1, 0.15) is 30.5 Å². The van der Waals surface area contributed by atoms with E-state index in [9.17, 15) is 9.90 Å². The lowest BCUT2D eigenvalue weighted by molar-refractivity contribution is 0.0936. The standard InChI is InChI=1S/C33H34O6/c1-24(35)32-29(16-18-37-19-17-34)33(27-14-9-15-28(20-27)36-2)31(39-23-26-12-7-4-8-13-26)21-30(32)38-22-25-10-5-3-6-11-25/h3-15,20-21,34H,16-19,22-23H2,1-2H3. The van der Waals surface area contributed by atoms with Crippen molar-refractivity contribution >= 4 is 5.78 Å². The van der Waals surface area contributed by atoms with Gasteiger partial charge in [0, 0.05) is 11.6 Å². The molecule has 4 aromatic carbocycles. The molecule has 4 aromatic rings. The van der Waals surface area contributed by atoms with Crippen LogP contribution in [0.25, 0.3) is 11.1 Å². The van der Waals surface area contributed by atoms with Crippen molar-refractivity contribution in [3.63, 3.8) is 0 Å². The SMILES string of the molecule is COc1cccc(-c2c(OCc3ccccc3)cc(OCc3ccccc3)c(C(C)=O)c2CCOCCO)c1. The maximum atomic E-state index is 13.2. The van der Waals surface area contributed by atoms with Crippen LogP contribution in [0.3, 0.4) is 0 Å². The van der Waals surface area contributed by atoms with E-state index in [2.05, 4.69) is 0 Å². The predicted octanol–water partition coefficient (Wildman–Crippen LogP) is 6.27. The second-order valence-corrected chi connectivity index (χ2v) is 9.02. The van der Waals surface area contributed by atoms with Crippen LogP contribution >= 0.6 is 0 Å². The third-order valence-electron chi connectivity index (χ3n) is 6.28. The summed E-state index contributed by atoms with van der Waals surface area (Å²) in [4.78, 5) is 13.2. The Bertz CT molecular complexity index is 1350. The highest BCUT2D eigenvalue weighted by molar-refractivity contribution is 6.01. The number of benzene rings is 4. The van der Waals surface area contributed by atoms with Gasteiger partial charge in [-0.15, -0.1) is 0 Å². The number of carbonyl (C=O) groups is 1. The number of Topliss-reactive ketones (excluding diaryl/α,β-unsaturated/α-hetero) is 1. The van der Waals surface area contributed by atoms with Gasteiger partial charge in [0.15, 0.2) is 5.78 Å². The third kappa shape index (κ3) is 7.47. The molecule has 0 fully saturated rings. The number of aliphatic hydroxyl groups excluding tert-OH is 1. The van der Waals surface area contributed by atoms with E-state index in [1.54, 1.807) is 14.0 Å². The fourth-order valence-corrected chi connectivity index (χ4v) is 4.46. The molecule has 0 saturated carbocycles. The van der Waals surface area contributed by atoms with Crippen molar-refractivity contribution in [2.75, 3.05) is 26.9 Å². The molecule has 0 aliphatic heterocycles. The van der Waals surface area contributed by atoms with Gasteiger partial charge >= 0.3 is 0 Å². The molecule has 0 aliphatic carbocycles. The van der Waals surface area contributed by atoms with Crippen molar-refractivity contribution in [2.45, 2.75) is 26.6 Å². The van der Waals surface area contributed by atoms with Crippen LogP contribution in [0.5, 0.6) is 17.2 Å². The molecule has 0 heterocycles. The fraction of sp³-hybridized carbons (Fsp3) is 0.242. The van der Waals surface area contributed by atoms with E-state index < -0.39 is 0 Å². The summed E-state index contributed by atoms with van der Waals surface area (Å²) in [5.41, 5.74) is 4.90. The highest BCUT2D eigenvalue weighted by Gasteiger charge is 2.24. The fourth-order valence-electron chi connectivity index (χ4n) is 4.46. The topological polar surface area (TPSA) is 74.2 Å². The number of ether oxygens (including phenoxy) is 4. The molecule has 6 nitrogen and oxygen atoms in total. The zero-order chi connectivity index (χ0) is 27.5. The van der Waals surface area contributed by atoms with Crippen LogP contribution in [0.15, 0.2) is 91.0 Å². The lowest BCUT2D eigenvalue weighted by Crippen LogP contribution is -2.12. The Hall–Kier alpha value is -4.13. The molecular formula is C33H34O6. The Morgan fingerprint density at radius 1 is 0.769 bits per heavy atom. The molecular weight excluding hydrogens is 492 g/mol. The third-order valence-corrected chi connectivity index (χ3v) is 6.28. The van der Waals surface area contributed by atoms with Crippen molar-refractivity contribution in [1.82, 2.24) is 0 Å². The van der Waals surface area contributed by atoms with Gasteiger partial charge in [0.25, 0.3) is 0 Å². The average Bonchev–Trinajstić information content (AvgIpc) is 2.97. The first kappa shape index (κ1) is 27.9. The first-order chi connectivity index (χ1) is 19.1. The van der Waals surface area contributed by atoms with E-state index in [-0.39, 0.29) is 19.0 Å². The molecule has 39 heavy (non-hydrogen) atoms. The molecule has 0 aliphatic rings. The van der Waals surface area contributed by atoms with Gasteiger partial charge in [-0.05, 0) is 47.7 Å². The zero-order valence-corrected chi connectivity index (χ0v) is 22.4. The Morgan fingerprint density at radius 3 is 2.00 bits per heavy atom. The van der Waals surface area contributed by atoms with Crippen molar-refractivity contribution in [2.24, 2.45) is 0 Å². The number of hydrogen-bond acceptors (Lipinski definition) is 6. The number of methoxy groups -OCH3 is 1. The molecule has 0 atom stereocenters. The molecule has 0 aromatic heterocycles. The normalized spacial score (nSPS) is 10.7. The number of rotatable bonds is 14. The van der Waals surface area contributed by atoms with Crippen LogP contribution in [0, 0.1) is 0 Å². The molecule has 6 heteroatoms. The van der Waals surface area contributed by atoms with E-state index in [1.807, 2.05) is 91.0 Å². The number of aliphatic hydroxyl groups is 1. The van der Waals surface area contributed by atoms with Gasteiger partial charge in [0.05, 0.1) is 32.5 Å².